The third-order valence-corrected chi connectivity index (χ3v) is 4.17. The zero-order valence-electron chi connectivity index (χ0n) is 10.1. The van der Waals surface area contributed by atoms with E-state index in [-0.39, 0.29) is 5.82 Å². The molecule has 0 saturated carbocycles. The van der Waals surface area contributed by atoms with Crippen LogP contribution in [-0.2, 0) is 10.0 Å². The van der Waals surface area contributed by atoms with Crippen LogP contribution < -0.4 is 4.90 Å². The summed E-state index contributed by atoms with van der Waals surface area (Å²) in [5.41, 5.74) is 0. The molecular weight excluding hydrogens is 259 g/mol. The van der Waals surface area contributed by atoms with E-state index in [0.717, 1.165) is 6.20 Å². The number of nitrogens with zero attached hydrogens (tertiary/aromatic N) is 4. The number of hydrogen-bond donors (Lipinski definition) is 0. The van der Waals surface area contributed by atoms with E-state index in [2.05, 4.69) is 9.97 Å². The Morgan fingerprint density at radius 1 is 1.28 bits per heavy atom. The Morgan fingerprint density at radius 2 is 2.06 bits per heavy atom. The molecule has 0 N–H and O–H groups in total. The van der Waals surface area contributed by atoms with Crippen molar-refractivity contribution in [3.05, 3.63) is 18.3 Å². The minimum atomic E-state index is -3.18. The molecule has 1 aromatic heterocycles. The molecule has 8 heteroatoms. The lowest BCUT2D eigenvalue weighted by molar-refractivity contribution is 0.437. The molecule has 18 heavy (non-hydrogen) atoms. The van der Waals surface area contributed by atoms with Gasteiger partial charge in [-0.2, -0.15) is 0 Å². The molecule has 6 nitrogen and oxygen atoms in total. The van der Waals surface area contributed by atoms with Crippen LogP contribution in [0.3, 0.4) is 0 Å². The highest BCUT2D eigenvalue weighted by atomic mass is 32.2. The SMILES string of the molecule is CS(=O)(=O)N1CCCN(c2ncncc2F)CC1. The van der Waals surface area contributed by atoms with E-state index in [4.69, 9.17) is 0 Å². The highest BCUT2D eigenvalue weighted by Crippen LogP contribution is 2.17. The van der Waals surface area contributed by atoms with Crippen molar-refractivity contribution >= 4 is 15.8 Å². The molecule has 0 bridgehead atoms. The lowest BCUT2D eigenvalue weighted by atomic mass is 10.4. The van der Waals surface area contributed by atoms with Gasteiger partial charge in [-0.15, -0.1) is 0 Å². The summed E-state index contributed by atoms with van der Waals surface area (Å²) in [7, 11) is -3.18. The average Bonchev–Trinajstić information content (AvgIpc) is 2.54. The second-order valence-corrected chi connectivity index (χ2v) is 6.18. The second-order valence-electron chi connectivity index (χ2n) is 4.20. The Morgan fingerprint density at radius 3 is 2.72 bits per heavy atom. The molecule has 0 atom stereocenters. The van der Waals surface area contributed by atoms with Crippen LogP contribution >= 0.6 is 0 Å². The van der Waals surface area contributed by atoms with Gasteiger partial charge in [0.25, 0.3) is 0 Å². The van der Waals surface area contributed by atoms with Crippen molar-refractivity contribution in [3.8, 4) is 0 Å². The van der Waals surface area contributed by atoms with E-state index >= 15 is 0 Å². The van der Waals surface area contributed by atoms with Gasteiger partial charge in [-0.1, -0.05) is 0 Å². The standard InChI is InChI=1S/C10H15FN4O2S/c1-18(16,17)15-4-2-3-14(5-6-15)10-9(11)7-12-8-13-10/h7-8H,2-6H2,1H3. The van der Waals surface area contributed by atoms with Crippen LogP contribution in [0.5, 0.6) is 0 Å². The summed E-state index contributed by atoms with van der Waals surface area (Å²) >= 11 is 0. The van der Waals surface area contributed by atoms with Crippen LogP contribution in [-0.4, -0.2) is 55.1 Å². The van der Waals surface area contributed by atoms with Gasteiger partial charge in [0, 0.05) is 26.2 Å². The number of rotatable bonds is 2. The minimum absolute atomic E-state index is 0.236. The van der Waals surface area contributed by atoms with Crippen molar-refractivity contribution in [3.63, 3.8) is 0 Å². The molecule has 0 spiro atoms. The van der Waals surface area contributed by atoms with Gasteiger partial charge in [-0.25, -0.2) is 27.1 Å². The fraction of sp³-hybridized carbons (Fsp3) is 0.600. The normalized spacial score (nSPS) is 18.7. The molecule has 2 rings (SSSR count). The molecule has 1 fully saturated rings. The van der Waals surface area contributed by atoms with E-state index in [1.807, 2.05) is 0 Å². The number of halogens is 1. The zero-order chi connectivity index (χ0) is 13.2. The van der Waals surface area contributed by atoms with Crippen LogP contribution in [0.25, 0.3) is 0 Å². The third kappa shape index (κ3) is 2.94. The monoisotopic (exact) mass is 274 g/mol. The van der Waals surface area contributed by atoms with E-state index < -0.39 is 15.8 Å². The zero-order valence-corrected chi connectivity index (χ0v) is 10.9. The predicted octanol–water partition coefficient (Wildman–Crippen LogP) is 0.0874. The quantitative estimate of drug-likeness (QED) is 0.764. The smallest absolute Gasteiger partial charge is 0.211 e. The van der Waals surface area contributed by atoms with Gasteiger partial charge in [-0.05, 0) is 6.42 Å². The van der Waals surface area contributed by atoms with Crippen LogP contribution in [0.2, 0.25) is 0 Å². The van der Waals surface area contributed by atoms with Crippen LogP contribution in [0.4, 0.5) is 10.2 Å². The molecule has 1 aliphatic heterocycles. The molecule has 2 heterocycles. The molecule has 0 radical (unpaired) electrons. The molecule has 0 aromatic carbocycles. The lowest BCUT2D eigenvalue weighted by Crippen LogP contribution is -2.34. The van der Waals surface area contributed by atoms with Gasteiger partial charge in [-0.3, -0.25) is 0 Å². The second kappa shape index (κ2) is 5.15. The Labute approximate surface area is 106 Å². The summed E-state index contributed by atoms with van der Waals surface area (Å²) in [4.78, 5) is 9.25. The van der Waals surface area contributed by atoms with Crippen molar-refractivity contribution in [2.24, 2.45) is 0 Å². The molecule has 1 saturated heterocycles. The summed E-state index contributed by atoms with van der Waals surface area (Å²) in [5.74, 6) is -0.245. The number of hydrogen-bond acceptors (Lipinski definition) is 5. The fourth-order valence-electron chi connectivity index (χ4n) is 1.98. The van der Waals surface area contributed by atoms with Gasteiger partial charge in [0.05, 0.1) is 12.5 Å². The van der Waals surface area contributed by atoms with E-state index in [0.29, 0.717) is 32.6 Å². The van der Waals surface area contributed by atoms with Crippen molar-refractivity contribution < 1.29 is 12.8 Å². The van der Waals surface area contributed by atoms with Gasteiger partial charge in [0.1, 0.15) is 6.33 Å². The molecule has 0 amide bonds. The minimum Gasteiger partial charge on any atom is -0.353 e. The Balaban J connectivity index is 2.13. The Bertz CT molecular complexity index is 522. The maximum Gasteiger partial charge on any atom is 0.211 e. The van der Waals surface area contributed by atoms with Gasteiger partial charge >= 0.3 is 0 Å². The lowest BCUT2D eigenvalue weighted by Gasteiger charge is -2.21. The number of anilines is 1. The first-order valence-electron chi connectivity index (χ1n) is 5.64. The molecule has 0 unspecified atom stereocenters. The Kier molecular flexibility index (Phi) is 3.76. The number of aromatic nitrogens is 2. The third-order valence-electron chi connectivity index (χ3n) is 2.87. The van der Waals surface area contributed by atoms with Crippen molar-refractivity contribution in [1.29, 1.82) is 0 Å². The maximum absolute atomic E-state index is 13.5. The first kappa shape index (κ1) is 13.2. The van der Waals surface area contributed by atoms with E-state index in [9.17, 15) is 12.8 Å². The van der Waals surface area contributed by atoms with Crippen LogP contribution in [0.1, 0.15) is 6.42 Å². The largest absolute Gasteiger partial charge is 0.353 e. The maximum atomic E-state index is 13.5. The molecule has 0 aliphatic carbocycles. The van der Waals surface area contributed by atoms with E-state index in [1.165, 1.54) is 16.9 Å². The summed E-state index contributed by atoms with van der Waals surface area (Å²) < 4.78 is 37.9. The Hall–Kier alpha value is -1.28. The summed E-state index contributed by atoms with van der Waals surface area (Å²) in [6.45, 7) is 1.82. The summed E-state index contributed by atoms with van der Waals surface area (Å²) in [5, 5.41) is 0. The van der Waals surface area contributed by atoms with Gasteiger partial charge < -0.3 is 4.90 Å². The van der Waals surface area contributed by atoms with Crippen LogP contribution in [0, 0.1) is 5.82 Å². The summed E-state index contributed by atoms with van der Waals surface area (Å²) in [6, 6.07) is 0. The summed E-state index contributed by atoms with van der Waals surface area (Å²) in [6.07, 6.45) is 4.24. The van der Waals surface area contributed by atoms with E-state index in [1.54, 1.807) is 4.90 Å². The molecule has 1 aromatic rings. The highest BCUT2D eigenvalue weighted by molar-refractivity contribution is 7.88. The van der Waals surface area contributed by atoms with Crippen molar-refractivity contribution in [1.82, 2.24) is 14.3 Å². The first-order chi connectivity index (χ1) is 8.48. The molecular formula is C10H15FN4O2S. The fourth-order valence-corrected chi connectivity index (χ4v) is 2.85. The molecule has 1 aliphatic rings. The topological polar surface area (TPSA) is 66.4 Å². The van der Waals surface area contributed by atoms with Crippen LogP contribution in [0.15, 0.2) is 12.5 Å². The van der Waals surface area contributed by atoms with Crippen molar-refractivity contribution in [2.75, 3.05) is 37.3 Å². The predicted molar refractivity (Wildman–Crippen MR) is 65.2 cm³/mol. The highest BCUT2D eigenvalue weighted by Gasteiger charge is 2.23. The average molecular weight is 274 g/mol. The van der Waals surface area contributed by atoms with Gasteiger partial charge in [0.2, 0.25) is 10.0 Å². The molecule has 100 valence electrons. The van der Waals surface area contributed by atoms with Gasteiger partial charge in [0.15, 0.2) is 11.6 Å². The number of sulfonamides is 1. The first-order valence-corrected chi connectivity index (χ1v) is 7.49. The van der Waals surface area contributed by atoms with Crippen molar-refractivity contribution in [2.45, 2.75) is 6.42 Å².